The lowest BCUT2D eigenvalue weighted by molar-refractivity contribution is 0.626. The van der Waals surface area contributed by atoms with Gasteiger partial charge < -0.3 is 5.73 Å². The summed E-state index contributed by atoms with van der Waals surface area (Å²) in [5.74, 6) is -0.285. The number of hydrogen-bond donors (Lipinski definition) is 1. The number of anilines is 1. The molecule has 3 nitrogen and oxygen atoms in total. The smallest absolute Gasteiger partial charge is 0.307 e. The van der Waals surface area contributed by atoms with Crippen LogP contribution >= 0.6 is 11.3 Å². The molecule has 0 atom stereocenters. The molecule has 0 bridgehead atoms. The van der Waals surface area contributed by atoms with Crippen molar-refractivity contribution in [3.05, 3.63) is 75.0 Å². The first-order valence-corrected chi connectivity index (χ1v) is 7.30. The number of nitrogen functional groups attached to an aromatic ring is 1. The van der Waals surface area contributed by atoms with Gasteiger partial charge in [-0.1, -0.05) is 35.6 Å². The molecule has 0 unspecified atom stereocenters. The quantitative estimate of drug-likeness (QED) is 0.754. The fourth-order valence-corrected chi connectivity index (χ4v) is 2.94. The Morgan fingerprint density at radius 2 is 1.90 bits per heavy atom. The van der Waals surface area contributed by atoms with Gasteiger partial charge in [0.1, 0.15) is 5.82 Å². The fourth-order valence-electron chi connectivity index (χ4n) is 2.18. The molecule has 3 rings (SSSR count). The summed E-state index contributed by atoms with van der Waals surface area (Å²) >= 11 is 1.15. The van der Waals surface area contributed by atoms with E-state index < -0.39 is 0 Å². The zero-order valence-corrected chi connectivity index (χ0v) is 11.9. The first-order chi connectivity index (χ1) is 10.1. The highest BCUT2D eigenvalue weighted by atomic mass is 32.1. The summed E-state index contributed by atoms with van der Waals surface area (Å²) in [6, 6.07) is 13.6. The van der Waals surface area contributed by atoms with Crippen molar-refractivity contribution in [1.29, 1.82) is 0 Å². The van der Waals surface area contributed by atoms with Gasteiger partial charge >= 0.3 is 4.87 Å². The third-order valence-corrected chi connectivity index (χ3v) is 3.98. The molecule has 3 aromatic rings. The topological polar surface area (TPSA) is 48.0 Å². The minimum absolute atomic E-state index is 0.0447. The van der Waals surface area contributed by atoms with Crippen LogP contribution in [0, 0.1) is 5.82 Å². The largest absolute Gasteiger partial charge is 0.399 e. The Balaban J connectivity index is 2.01. The molecular weight excluding hydrogens is 287 g/mol. The van der Waals surface area contributed by atoms with Gasteiger partial charge in [0.25, 0.3) is 0 Å². The van der Waals surface area contributed by atoms with Gasteiger partial charge in [-0.25, -0.2) is 4.39 Å². The van der Waals surface area contributed by atoms with Crippen LogP contribution in [0.2, 0.25) is 0 Å². The van der Waals surface area contributed by atoms with Crippen LogP contribution in [0.1, 0.15) is 5.56 Å². The highest BCUT2D eigenvalue weighted by Crippen LogP contribution is 2.23. The van der Waals surface area contributed by atoms with E-state index >= 15 is 0 Å². The maximum Gasteiger partial charge on any atom is 0.307 e. The second-order valence-electron chi connectivity index (χ2n) is 4.72. The highest BCUT2D eigenvalue weighted by molar-refractivity contribution is 7.07. The van der Waals surface area contributed by atoms with E-state index in [1.54, 1.807) is 22.8 Å². The first kappa shape index (κ1) is 13.6. The van der Waals surface area contributed by atoms with Crippen LogP contribution in [0.15, 0.2) is 58.7 Å². The van der Waals surface area contributed by atoms with Crippen LogP contribution in [0.5, 0.6) is 0 Å². The van der Waals surface area contributed by atoms with Crippen molar-refractivity contribution in [1.82, 2.24) is 4.57 Å². The van der Waals surface area contributed by atoms with Gasteiger partial charge in [-0.2, -0.15) is 0 Å². The van der Waals surface area contributed by atoms with Gasteiger partial charge in [0.2, 0.25) is 0 Å². The van der Waals surface area contributed by atoms with Crippen LogP contribution in [0.4, 0.5) is 10.1 Å². The predicted molar refractivity (Wildman–Crippen MR) is 83.9 cm³/mol. The second-order valence-corrected chi connectivity index (χ2v) is 5.55. The number of aromatic nitrogens is 1. The van der Waals surface area contributed by atoms with Crippen molar-refractivity contribution < 1.29 is 4.39 Å². The van der Waals surface area contributed by atoms with E-state index in [4.69, 9.17) is 5.73 Å². The average molecular weight is 300 g/mol. The number of nitrogens with two attached hydrogens (primary N) is 1. The Bertz CT molecular complexity index is 821. The normalized spacial score (nSPS) is 10.7. The zero-order chi connectivity index (χ0) is 14.8. The van der Waals surface area contributed by atoms with E-state index in [9.17, 15) is 9.18 Å². The molecule has 2 aromatic carbocycles. The Morgan fingerprint density at radius 3 is 2.62 bits per heavy atom. The lowest BCUT2D eigenvalue weighted by atomic mass is 10.1. The molecule has 5 heteroatoms. The molecule has 2 N–H and O–H groups in total. The van der Waals surface area contributed by atoms with Crippen molar-refractivity contribution in [2.24, 2.45) is 0 Å². The Hall–Kier alpha value is -2.40. The number of nitrogens with zero attached hydrogens (tertiary/aromatic N) is 1. The summed E-state index contributed by atoms with van der Waals surface area (Å²) in [6.07, 6.45) is 0. The first-order valence-electron chi connectivity index (χ1n) is 6.42. The molecule has 0 aliphatic rings. The Morgan fingerprint density at radius 1 is 1.14 bits per heavy atom. The molecule has 106 valence electrons. The molecule has 0 amide bonds. The third-order valence-electron chi connectivity index (χ3n) is 3.22. The summed E-state index contributed by atoms with van der Waals surface area (Å²) < 4.78 is 14.6. The summed E-state index contributed by atoms with van der Waals surface area (Å²) in [7, 11) is 0. The molecule has 0 spiro atoms. The van der Waals surface area contributed by atoms with Crippen LogP contribution in [-0.4, -0.2) is 4.57 Å². The lowest BCUT2D eigenvalue weighted by Gasteiger charge is -2.08. The molecule has 1 aromatic heterocycles. The monoisotopic (exact) mass is 300 g/mol. The van der Waals surface area contributed by atoms with E-state index in [-0.39, 0.29) is 10.7 Å². The van der Waals surface area contributed by atoms with Crippen molar-refractivity contribution in [3.63, 3.8) is 0 Å². The highest BCUT2D eigenvalue weighted by Gasteiger charge is 2.10. The number of benzene rings is 2. The van der Waals surface area contributed by atoms with E-state index in [1.807, 2.05) is 23.6 Å². The summed E-state index contributed by atoms with van der Waals surface area (Å²) in [5.41, 5.74) is 9.05. The minimum Gasteiger partial charge on any atom is -0.399 e. The van der Waals surface area contributed by atoms with E-state index in [0.29, 0.717) is 12.2 Å². The Labute approximate surface area is 125 Å². The molecule has 21 heavy (non-hydrogen) atoms. The minimum atomic E-state index is -0.285. The number of rotatable bonds is 3. The molecule has 0 aliphatic carbocycles. The fraction of sp³-hybridized carbons (Fsp3) is 0.0625. The summed E-state index contributed by atoms with van der Waals surface area (Å²) in [5, 5.41) is 1.82. The maximum absolute atomic E-state index is 13.0. The van der Waals surface area contributed by atoms with Crippen LogP contribution in [0.25, 0.3) is 11.3 Å². The third kappa shape index (κ3) is 2.87. The molecule has 0 saturated heterocycles. The van der Waals surface area contributed by atoms with Gasteiger partial charge in [-0.3, -0.25) is 9.36 Å². The van der Waals surface area contributed by atoms with Crippen molar-refractivity contribution >= 4 is 17.0 Å². The van der Waals surface area contributed by atoms with Crippen LogP contribution in [-0.2, 0) is 6.54 Å². The maximum atomic E-state index is 13.0. The molecule has 0 fully saturated rings. The van der Waals surface area contributed by atoms with E-state index in [2.05, 4.69) is 0 Å². The molecule has 0 radical (unpaired) electrons. The Kier molecular flexibility index (Phi) is 3.58. The van der Waals surface area contributed by atoms with Crippen molar-refractivity contribution in [2.45, 2.75) is 6.54 Å². The average Bonchev–Trinajstić information content (AvgIpc) is 2.83. The summed E-state index contributed by atoms with van der Waals surface area (Å²) in [4.78, 5) is 12.0. The predicted octanol–water partition coefficient (Wildman–Crippen LogP) is 3.35. The standard InChI is InChI=1S/C16H13FN2OS/c17-13-6-4-11(5-7-13)9-19-15(10-21-16(19)20)12-2-1-3-14(18)8-12/h1-8,10H,9,18H2. The van der Waals surface area contributed by atoms with Crippen LogP contribution in [0.3, 0.4) is 0 Å². The van der Waals surface area contributed by atoms with Crippen LogP contribution < -0.4 is 10.6 Å². The molecule has 0 aliphatic heterocycles. The van der Waals surface area contributed by atoms with Gasteiger partial charge in [-0.05, 0) is 29.8 Å². The van der Waals surface area contributed by atoms with Gasteiger partial charge in [0.15, 0.2) is 0 Å². The lowest BCUT2D eigenvalue weighted by Crippen LogP contribution is -2.15. The molecule has 1 heterocycles. The van der Waals surface area contributed by atoms with Crippen molar-refractivity contribution in [3.8, 4) is 11.3 Å². The van der Waals surface area contributed by atoms with Gasteiger partial charge in [0.05, 0.1) is 12.2 Å². The number of thiazole rings is 1. The van der Waals surface area contributed by atoms with E-state index in [0.717, 1.165) is 28.2 Å². The number of halogens is 1. The van der Waals surface area contributed by atoms with Crippen molar-refractivity contribution in [2.75, 3.05) is 5.73 Å². The van der Waals surface area contributed by atoms with Gasteiger partial charge in [-0.15, -0.1) is 0 Å². The van der Waals surface area contributed by atoms with E-state index in [1.165, 1.54) is 12.1 Å². The molecular formula is C16H13FN2OS. The summed E-state index contributed by atoms with van der Waals surface area (Å²) in [6.45, 7) is 0.409. The molecule has 0 saturated carbocycles. The second kappa shape index (κ2) is 5.54. The SMILES string of the molecule is Nc1cccc(-c2csc(=O)n2Cc2ccc(F)cc2)c1. The number of hydrogen-bond acceptors (Lipinski definition) is 3. The van der Waals surface area contributed by atoms with Gasteiger partial charge in [0, 0.05) is 16.6 Å². The zero-order valence-electron chi connectivity index (χ0n) is 11.1.